The first-order chi connectivity index (χ1) is 19.8. The van der Waals surface area contributed by atoms with Crippen LogP contribution in [-0.2, 0) is 0 Å². The Bertz CT molecular complexity index is 2440. The molecule has 0 radical (unpaired) electrons. The smallest absolute Gasteiger partial charge is 0.160 e. The van der Waals surface area contributed by atoms with Gasteiger partial charge in [-0.15, -0.1) is 11.3 Å². The number of furan rings is 1. The molecular formula is C36H20BrNOS. The van der Waals surface area contributed by atoms with Gasteiger partial charge in [-0.3, -0.25) is 0 Å². The van der Waals surface area contributed by atoms with E-state index < -0.39 is 0 Å². The highest BCUT2D eigenvalue weighted by atomic mass is 79.9. The lowest BCUT2D eigenvalue weighted by molar-refractivity contribution is 0.671. The van der Waals surface area contributed by atoms with Crippen molar-refractivity contribution in [3.63, 3.8) is 0 Å². The second-order valence-corrected chi connectivity index (χ2v) is 12.1. The quantitative estimate of drug-likeness (QED) is 0.195. The van der Waals surface area contributed by atoms with Crippen LogP contribution in [0.25, 0.3) is 80.7 Å². The van der Waals surface area contributed by atoms with Crippen molar-refractivity contribution in [1.82, 2.24) is 4.57 Å². The normalized spacial score (nSPS) is 12.1. The monoisotopic (exact) mass is 593 g/mol. The fourth-order valence-corrected chi connectivity index (χ4v) is 8.18. The van der Waals surface area contributed by atoms with Gasteiger partial charge in [0.2, 0.25) is 0 Å². The van der Waals surface area contributed by atoms with Crippen molar-refractivity contribution >= 4 is 91.2 Å². The zero-order valence-corrected chi connectivity index (χ0v) is 23.6. The van der Waals surface area contributed by atoms with Crippen LogP contribution in [0.5, 0.6) is 0 Å². The highest BCUT2D eigenvalue weighted by Gasteiger charge is 2.21. The Morgan fingerprint density at radius 3 is 2.23 bits per heavy atom. The second-order valence-electron chi connectivity index (χ2n) is 10.2. The van der Waals surface area contributed by atoms with E-state index >= 15 is 0 Å². The Morgan fingerprint density at radius 2 is 1.35 bits per heavy atom. The third-order valence-electron chi connectivity index (χ3n) is 8.07. The molecule has 4 heteroatoms. The molecule has 0 spiro atoms. The molecule has 0 unspecified atom stereocenters. The lowest BCUT2D eigenvalue weighted by Gasteiger charge is -2.10. The third-order valence-corrected chi connectivity index (χ3v) is 9.92. The molecule has 0 saturated heterocycles. The molecule has 2 nitrogen and oxygen atoms in total. The second kappa shape index (κ2) is 8.31. The summed E-state index contributed by atoms with van der Waals surface area (Å²) in [6.45, 7) is 0. The molecular weight excluding hydrogens is 574 g/mol. The van der Waals surface area contributed by atoms with E-state index in [2.05, 4.69) is 130 Å². The molecule has 9 rings (SSSR count). The number of hydrogen-bond donors (Lipinski definition) is 0. The Labute approximate surface area is 241 Å². The summed E-state index contributed by atoms with van der Waals surface area (Å²) in [5.74, 6) is 0. The zero-order chi connectivity index (χ0) is 26.4. The minimum absolute atomic E-state index is 0.903. The number of nitrogens with zero attached hydrogens (tertiary/aromatic N) is 1. The molecule has 0 aliphatic rings. The number of benzene rings is 6. The van der Waals surface area contributed by atoms with Gasteiger partial charge in [0.15, 0.2) is 5.58 Å². The van der Waals surface area contributed by atoms with E-state index in [-0.39, 0.29) is 0 Å². The summed E-state index contributed by atoms with van der Waals surface area (Å²) in [6.07, 6.45) is 0. The van der Waals surface area contributed by atoms with Crippen LogP contribution in [0, 0.1) is 0 Å². The van der Waals surface area contributed by atoms with Crippen molar-refractivity contribution in [3.05, 3.63) is 126 Å². The van der Waals surface area contributed by atoms with Crippen LogP contribution in [0.15, 0.2) is 130 Å². The van der Waals surface area contributed by atoms with Crippen LogP contribution in [0.4, 0.5) is 0 Å². The van der Waals surface area contributed by atoms with E-state index in [0.29, 0.717) is 0 Å². The van der Waals surface area contributed by atoms with Crippen LogP contribution in [0.1, 0.15) is 0 Å². The maximum atomic E-state index is 6.54. The molecule has 0 fully saturated rings. The fraction of sp³-hybridized carbons (Fsp3) is 0. The van der Waals surface area contributed by atoms with Gasteiger partial charge in [0.05, 0.1) is 11.0 Å². The first kappa shape index (κ1) is 22.4. The van der Waals surface area contributed by atoms with E-state index in [1.807, 2.05) is 23.5 Å². The molecule has 3 aromatic heterocycles. The summed E-state index contributed by atoms with van der Waals surface area (Å²) in [7, 11) is 0. The molecule has 188 valence electrons. The summed E-state index contributed by atoms with van der Waals surface area (Å²) < 4.78 is 12.6. The van der Waals surface area contributed by atoms with Crippen molar-refractivity contribution in [2.45, 2.75) is 0 Å². The maximum Gasteiger partial charge on any atom is 0.160 e. The van der Waals surface area contributed by atoms with Crippen molar-refractivity contribution in [2.24, 2.45) is 0 Å². The van der Waals surface area contributed by atoms with E-state index in [4.69, 9.17) is 4.42 Å². The molecule has 0 amide bonds. The van der Waals surface area contributed by atoms with Gasteiger partial charge in [-0.25, -0.2) is 0 Å². The van der Waals surface area contributed by atoms with Crippen molar-refractivity contribution in [2.75, 3.05) is 0 Å². The molecule has 0 atom stereocenters. The summed E-state index contributed by atoms with van der Waals surface area (Å²) in [5.41, 5.74) is 7.66. The van der Waals surface area contributed by atoms with Crippen molar-refractivity contribution < 1.29 is 4.42 Å². The van der Waals surface area contributed by atoms with Gasteiger partial charge in [0.25, 0.3) is 0 Å². The third kappa shape index (κ3) is 3.03. The standard InChI is InChI=1S/C36H20BrNOS/c37-29-20-28-24-8-2-5-14-31(24)39-35(28)34-33(29)27-10-1-4-13-30(27)38(34)22-18-16-21(17-19-22)23-11-7-12-26-25-9-3-6-15-32(25)40-36(23)26/h1-20H. The molecule has 9 aromatic rings. The average Bonchev–Trinajstić information content (AvgIpc) is 3.67. The fourth-order valence-electron chi connectivity index (χ4n) is 6.31. The largest absolute Gasteiger partial charge is 0.454 e. The number of hydrogen-bond acceptors (Lipinski definition) is 2. The molecule has 40 heavy (non-hydrogen) atoms. The minimum Gasteiger partial charge on any atom is -0.454 e. The number of aromatic nitrogens is 1. The predicted octanol–water partition coefficient (Wildman–Crippen LogP) is 11.5. The van der Waals surface area contributed by atoms with Gasteiger partial charge < -0.3 is 8.98 Å². The van der Waals surface area contributed by atoms with Crippen LogP contribution >= 0.6 is 27.3 Å². The van der Waals surface area contributed by atoms with E-state index in [9.17, 15) is 0 Å². The number of para-hydroxylation sites is 2. The van der Waals surface area contributed by atoms with Gasteiger partial charge in [0.1, 0.15) is 5.58 Å². The van der Waals surface area contributed by atoms with Crippen molar-refractivity contribution in [1.29, 1.82) is 0 Å². The van der Waals surface area contributed by atoms with Gasteiger partial charge in [0, 0.05) is 51.9 Å². The zero-order valence-electron chi connectivity index (χ0n) is 21.2. The molecule has 0 bridgehead atoms. The summed E-state index contributed by atoms with van der Waals surface area (Å²) in [4.78, 5) is 0. The SMILES string of the molecule is Brc1cc2c3ccccc3oc2c2c1c1ccccc1n2-c1ccc(-c2cccc3c2sc2ccccc23)cc1. The van der Waals surface area contributed by atoms with E-state index in [0.717, 1.165) is 43.1 Å². The first-order valence-corrected chi connectivity index (χ1v) is 14.9. The lowest BCUT2D eigenvalue weighted by atomic mass is 10.0. The number of fused-ring (bicyclic) bond motifs is 10. The topological polar surface area (TPSA) is 18.1 Å². The minimum atomic E-state index is 0.903. The van der Waals surface area contributed by atoms with Crippen LogP contribution in [0.2, 0.25) is 0 Å². The molecule has 0 aliphatic heterocycles. The molecule has 6 aromatic carbocycles. The van der Waals surface area contributed by atoms with Crippen molar-refractivity contribution in [3.8, 4) is 16.8 Å². The number of thiophene rings is 1. The molecule has 0 aliphatic carbocycles. The molecule has 3 heterocycles. The molecule has 0 N–H and O–H groups in total. The highest BCUT2D eigenvalue weighted by molar-refractivity contribution is 9.10. The van der Waals surface area contributed by atoms with Gasteiger partial charge in [-0.05, 0) is 47.5 Å². The van der Waals surface area contributed by atoms with Crippen LogP contribution in [-0.4, -0.2) is 4.57 Å². The van der Waals surface area contributed by atoms with Gasteiger partial charge in [-0.2, -0.15) is 0 Å². The highest BCUT2D eigenvalue weighted by Crippen LogP contribution is 2.44. The Kier molecular flexibility index (Phi) is 4.66. The van der Waals surface area contributed by atoms with Crippen LogP contribution < -0.4 is 0 Å². The van der Waals surface area contributed by atoms with Gasteiger partial charge in [-0.1, -0.05) is 101 Å². The predicted molar refractivity (Wildman–Crippen MR) is 174 cm³/mol. The first-order valence-electron chi connectivity index (χ1n) is 13.3. The summed E-state index contributed by atoms with van der Waals surface area (Å²) >= 11 is 5.79. The van der Waals surface area contributed by atoms with Gasteiger partial charge >= 0.3 is 0 Å². The Hall–Kier alpha value is -4.38. The number of halogens is 1. The van der Waals surface area contributed by atoms with E-state index in [1.165, 1.54) is 42.1 Å². The summed E-state index contributed by atoms with van der Waals surface area (Å²) in [5, 5.41) is 7.26. The maximum absolute atomic E-state index is 6.54. The number of rotatable bonds is 2. The Morgan fingerprint density at radius 1 is 0.625 bits per heavy atom. The molecule has 0 saturated carbocycles. The van der Waals surface area contributed by atoms with E-state index in [1.54, 1.807) is 0 Å². The average molecular weight is 595 g/mol. The lowest BCUT2D eigenvalue weighted by Crippen LogP contribution is -1.94. The Balaban J connectivity index is 1.31. The van der Waals surface area contributed by atoms with Crippen LogP contribution in [0.3, 0.4) is 0 Å². The summed E-state index contributed by atoms with van der Waals surface area (Å²) in [6, 6.07) is 43.4.